The maximum absolute atomic E-state index is 3.85. The zero-order valence-corrected chi connectivity index (χ0v) is 12.3. The molecule has 0 spiro atoms. The fourth-order valence-electron chi connectivity index (χ4n) is 3.73. The van der Waals surface area contributed by atoms with Gasteiger partial charge < -0.3 is 10.2 Å². The Morgan fingerprint density at radius 2 is 1.67 bits per heavy atom. The summed E-state index contributed by atoms with van der Waals surface area (Å²) in [7, 11) is 0. The normalized spacial score (nSPS) is 31.2. The summed E-state index contributed by atoms with van der Waals surface area (Å²) in [6, 6.07) is 0.815. The number of hydrogen-bond donors (Lipinski definition) is 1. The van der Waals surface area contributed by atoms with Gasteiger partial charge >= 0.3 is 0 Å². The van der Waals surface area contributed by atoms with Gasteiger partial charge in [-0.2, -0.15) is 0 Å². The number of nitrogens with one attached hydrogen (secondary N) is 1. The number of rotatable bonds is 5. The lowest BCUT2D eigenvalue weighted by molar-refractivity contribution is 0.232. The third-order valence-corrected chi connectivity index (χ3v) is 4.97. The van der Waals surface area contributed by atoms with Gasteiger partial charge in [-0.3, -0.25) is 0 Å². The van der Waals surface area contributed by atoms with Gasteiger partial charge in [-0.15, -0.1) is 0 Å². The summed E-state index contributed by atoms with van der Waals surface area (Å²) in [6.07, 6.45) is 12.9. The topological polar surface area (TPSA) is 15.3 Å². The standard InChI is InChI=1S/C16H32N2/c1-2-15-9-5-6-10-16(15)17-11-14-18-12-7-3-4-8-13-18/h15-17H,2-14H2,1H3. The molecule has 1 heterocycles. The van der Waals surface area contributed by atoms with E-state index in [0.29, 0.717) is 0 Å². The van der Waals surface area contributed by atoms with Crippen LogP contribution in [0.3, 0.4) is 0 Å². The van der Waals surface area contributed by atoms with Crippen molar-refractivity contribution >= 4 is 0 Å². The maximum Gasteiger partial charge on any atom is 0.0107 e. The number of likely N-dealkylation sites (tertiary alicyclic amines) is 1. The molecule has 0 aromatic heterocycles. The average Bonchev–Trinajstić information content (AvgIpc) is 2.68. The minimum atomic E-state index is 0.815. The van der Waals surface area contributed by atoms with Gasteiger partial charge in [-0.25, -0.2) is 0 Å². The van der Waals surface area contributed by atoms with Gasteiger partial charge in [-0.1, -0.05) is 39.0 Å². The highest BCUT2D eigenvalue weighted by atomic mass is 15.1. The van der Waals surface area contributed by atoms with Crippen LogP contribution in [0, 0.1) is 5.92 Å². The van der Waals surface area contributed by atoms with Crippen molar-refractivity contribution in [2.45, 2.75) is 70.8 Å². The van der Waals surface area contributed by atoms with Crippen molar-refractivity contribution in [2.75, 3.05) is 26.2 Å². The van der Waals surface area contributed by atoms with Crippen LogP contribution < -0.4 is 5.32 Å². The molecule has 2 unspecified atom stereocenters. The third kappa shape index (κ3) is 4.55. The summed E-state index contributed by atoms with van der Waals surface area (Å²) in [5.74, 6) is 0.947. The lowest BCUT2D eigenvalue weighted by atomic mass is 9.83. The van der Waals surface area contributed by atoms with Gasteiger partial charge in [0.05, 0.1) is 0 Å². The molecule has 2 nitrogen and oxygen atoms in total. The molecule has 106 valence electrons. The zero-order chi connectivity index (χ0) is 12.6. The van der Waals surface area contributed by atoms with Gasteiger partial charge in [0.25, 0.3) is 0 Å². The van der Waals surface area contributed by atoms with Crippen molar-refractivity contribution in [1.82, 2.24) is 10.2 Å². The first-order valence-corrected chi connectivity index (χ1v) is 8.36. The number of nitrogens with zero attached hydrogens (tertiary/aromatic N) is 1. The molecule has 0 radical (unpaired) electrons. The first-order valence-electron chi connectivity index (χ1n) is 8.36. The van der Waals surface area contributed by atoms with E-state index in [-0.39, 0.29) is 0 Å². The Kier molecular flexibility index (Phi) is 6.50. The summed E-state index contributed by atoms with van der Waals surface area (Å²) in [5, 5.41) is 3.85. The second kappa shape index (κ2) is 8.16. The average molecular weight is 252 g/mol. The van der Waals surface area contributed by atoms with E-state index in [1.807, 2.05) is 0 Å². The molecule has 1 saturated carbocycles. The Bertz CT molecular complexity index is 209. The molecular weight excluding hydrogens is 220 g/mol. The van der Waals surface area contributed by atoms with E-state index in [0.717, 1.165) is 12.0 Å². The lowest BCUT2D eigenvalue weighted by Crippen LogP contribution is -2.42. The Morgan fingerprint density at radius 1 is 0.944 bits per heavy atom. The highest BCUT2D eigenvalue weighted by Gasteiger charge is 2.22. The molecule has 2 fully saturated rings. The van der Waals surface area contributed by atoms with Crippen LogP contribution in [0.1, 0.15) is 64.7 Å². The van der Waals surface area contributed by atoms with Crippen LogP contribution in [-0.2, 0) is 0 Å². The van der Waals surface area contributed by atoms with Gasteiger partial charge in [0.15, 0.2) is 0 Å². The van der Waals surface area contributed by atoms with Crippen LogP contribution in [-0.4, -0.2) is 37.1 Å². The van der Waals surface area contributed by atoms with Crippen LogP contribution in [0.5, 0.6) is 0 Å². The smallest absolute Gasteiger partial charge is 0.0107 e. The molecule has 2 aliphatic rings. The summed E-state index contributed by atoms with van der Waals surface area (Å²) in [5.41, 5.74) is 0. The molecule has 2 heteroatoms. The first kappa shape index (κ1) is 14.3. The Hall–Kier alpha value is -0.0800. The molecule has 1 N–H and O–H groups in total. The molecule has 0 aromatic rings. The zero-order valence-electron chi connectivity index (χ0n) is 12.3. The second-order valence-corrected chi connectivity index (χ2v) is 6.27. The quantitative estimate of drug-likeness (QED) is 0.806. The lowest BCUT2D eigenvalue weighted by Gasteiger charge is -2.32. The minimum absolute atomic E-state index is 0.815. The van der Waals surface area contributed by atoms with E-state index >= 15 is 0 Å². The van der Waals surface area contributed by atoms with Crippen molar-refractivity contribution in [2.24, 2.45) is 5.92 Å². The summed E-state index contributed by atoms with van der Waals surface area (Å²) in [6.45, 7) is 7.51. The molecule has 1 aliphatic heterocycles. The van der Waals surface area contributed by atoms with E-state index in [2.05, 4.69) is 17.1 Å². The van der Waals surface area contributed by atoms with E-state index in [1.54, 1.807) is 0 Å². The van der Waals surface area contributed by atoms with Crippen LogP contribution in [0.15, 0.2) is 0 Å². The van der Waals surface area contributed by atoms with Gasteiger partial charge in [0, 0.05) is 19.1 Å². The Labute approximate surface area is 114 Å². The molecule has 18 heavy (non-hydrogen) atoms. The largest absolute Gasteiger partial charge is 0.312 e. The summed E-state index contributed by atoms with van der Waals surface area (Å²) in [4.78, 5) is 2.67. The van der Waals surface area contributed by atoms with Crippen LogP contribution in [0.4, 0.5) is 0 Å². The van der Waals surface area contributed by atoms with Crippen molar-refractivity contribution < 1.29 is 0 Å². The fraction of sp³-hybridized carbons (Fsp3) is 1.00. The molecule has 0 bridgehead atoms. The van der Waals surface area contributed by atoms with Crippen molar-refractivity contribution in [1.29, 1.82) is 0 Å². The van der Waals surface area contributed by atoms with E-state index in [9.17, 15) is 0 Å². The molecule has 2 rings (SSSR count). The summed E-state index contributed by atoms with van der Waals surface area (Å²) < 4.78 is 0. The summed E-state index contributed by atoms with van der Waals surface area (Å²) >= 11 is 0. The van der Waals surface area contributed by atoms with Crippen LogP contribution in [0.2, 0.25) is 0 Å². The monoisotopic (exact) mass is 252 g/mol. The Balaban J connectivity index is 1.63. The van der Waals surface area contributed by atoms with Gasteiger partial charge in [0.1, 0.15) is 0 Å². The molecule has 0 amide bonds. The van der Waals surface area contributed by atoms with Crippen molar-refractivity contribution in [3.8, 4) is 0 Å². The molecule has 0 aromatic carbocycles. The van der Waals surface area contributed by atoms with Crippen LogP contribution in [0.25, 0.3) is 0 Å². The molecule has 2 atom stereocenters. The maximum atomic E-state index is 3.85. The van der Waals surface area contributed by atoms with E-state index in [1.165, 1.54) is 84.0 Å². The predicted molar refractivity (Wildman–Crippen MR) is 78.9 cm³/mol. The Morgan fingerprint density at radius 3 is 2.39 bits per heavy atom. The van der Waals surface area contributed by atoms with Crippen LogP contribution >= 0.6 is 0 Å². The van der Waals surface area contributed by atoms with Crippen molar-refractivity contribution in [3.63, 3.8) is 0 Å². The second-order valence-electron chi connectivity index (χ2n) is 6.27. The highest BCUT2D eigenvalue weighted by molar-refractivity contribution is 4.80. The fourth-order valence-corrected chi connectivity index (χ4v) is 3.73. The molecule has 1 aliphatic carbocycles. The SMILES string of the molecule is CCC1CCCCC1NCCN1CCCCCC1. The van der Waals surface area contributed by atoms with E-state index in [4.69, 9.17) is 0 Å². The van der Waals surface area contributed by atoms with Crippen molar-refractivity contribution in [3.05, 3.63) is 0 Å². The first-order chi connectivity index (χ1) is 8.90. The minimum Gasteiger partial charge on any atom is -0.312 e. The number of hydrogen-bond acceptors (Lipinski definition) is 2. The highest BCUT2D eigenvalue weighted by Crippen LogP contribution is 2.26. The predicted octanol–water partition coefficient (Wildman–Crippen LogP) is 3.42. The van der Waals surface area contributed by atoms with E-state index < -0.39 is 0 Å². The van der Waals surface area contributed by atoms with Gasteiger partial charge in [-0.05, 0) is 44.7 Å². The third-order valence-electron chi connectivity index (χ3n) is 4.97. The van der Waals surface area contributed by atoms with Gasteiger partial charge in [0.2, 0.25) is 0 Å². The molecule has 1 saturated heterocycles. The molecular formula is C16H32N2.